The topological polar surface area (TPSA) is 494 Å². The summed E-state index contributed by atoms with van der Waals surface area (Å²) in [5, 5.41) is 46.0. The molecule has 0 bridgehead atoms. The molecule has 1 saturated heterocycles. The number of nitrogen functional groups attached to an aromatic ring is 2. The number of nitrogens with zero attached hydrogens (tertiary/aromatic N) is 8. The molecule has 534 valence electrons. The van der Waals surface area contributed by atoms with E-state index >= 15 is 0 Å². The number of rotatable bonds is 21. The van der Waals surface area contributed by atoms with Crippen LogP contribution < -0.4 is 27.4 Å². The number of aromatic hydroxyl groups is 2. The van der Waals surface area contributed by atoms with Crippen molar-refractivity contribution in [3.05, 3.63) is 144 Å². The van der Waals surface area contributed by atoms with Crippen molar-refractivity contribution in [2.75, 3.05) is 94.1 Å². The van der Waals surface area contributed by atoms with Crippen molar-refractivity contribution >= 4 is 137 Å². The molecule has 102 heavy (non-hydrogen) atoms. The maximum atomic E-state index is 14.0. The van der Waals surface area contributed by atoms with Gasteiger partial charge < -0.3 is 37.6 Å². The van der Waals surface area contributed by atoms with Gasteiger partial charge in [0.2, 0.25) is 17.7 Å². The number of carbonyl (C=O) groups is 5. The van der Waals surface area contributed by atoms with E-state index in [2.05, 4.69) is 36.4 Å². The third-order valence-electron chi connectivity index (χ3n) is 17.0. The molecular formula is C66H67N13O19S4. The highest BCUT2D eigenvalue weighted by molar-refractivity contribution is 7.87. The highest BCUT2D eigenvalue weighted by Crippen LogP contribution is 2.46. The summed E-state index contributed by atoms with van der Waals surface area (Å²) in [7, 11) is -20.4. The van der Waals surface area contributed by atoms with Crippen molar-refractivity contribution < 1.29 is 86.1 Å². The number of benzene rings is 8. The van der Waals surface area contributed by atoms with Gasteiger partial charge in [-0.3, -0.25) is 61.8 Å². The molecule has 13 N–H and O–H groups in total. The Balaban J connectivity index is 0.790. The van der Waals surface area contributed by atoms with Gasteiger partial charge in [-0.2, -0.15) is 43.9 Å². The predicted octanol–water partition coefficient (Wildman–Crippen LogP) is 7.49. The Hall–Kier alpha value is -10.5. The van der Waals surface area contributed by atoms with E-state index < -0.39 is 106 Å². The van der Waals surface area contributed by atoms with E-state index in [4.69, 9.17) is 11.5 Å². The molecule has 0 aliphatic carbocycles. The quantitative estimate of drug-likeness (QED) is 0.0144. The zero-order valence-electron chi connectivity index (χ0n) is 54.7. The maximum Gasteiger partial charge on any atom is 0.296 e. The molecule has 1 fully saturated rings. The molecule has 0 aromatic heterocycles. The zero-order chi connectivity index (χ0) is 74.1. The lowest BCUT2D eigenvalue weighted by Crippen LogP contribution is -2.45. The van der Waals surface area contributed by atoms with Gasteiger partial charge in [0.25, 0.3) is 52.3 Å². The van der Waals surface area contributed by atoms with Crippen molar-refractivity contribution in [2.24, 2.45) is 20.5 Å². The highest BCUT2D eigenvalue weighted by atomic mass is 32.2. The molecule has 2 aliphatic rings. The van der Waals surface area contributed by atoms with Gasteiger partial charge in [0.05, 0.1) is 53.2 Å². The van der Waals surface area contributed by atoms with E-state index in [1.165, 1.54) is 12.1 Å². The Kier molecular flexibility index (Phi) is 21.5. The van der Waals surface area contributed by atoms with Crippen molar-refractivity contribution in [3.63, 3.8) is 0 Å². The number of aryl methyl sites for hydroxylation is 4. The molecule has 0 unspecified atom stereocenters. The van der Waals surface area contributed by atoms with Gasteiger partial charge in [0.15, 0.2) is 11.5 Å². The summed E-state index contributed by atoms with van der Waals surface area (Å²) in [5.74, 6) is -3.57. The molecule has 32 nitrogen and oxygen atoms in total. The molecule has 0 saturated carbocycles. The smallest absolute Gasteiger partial charge is 0.296 e. The standard InChI is InChI=1S/C66H67N13O19S4/c1-36-27-40(42-7-13-48(38(3)29-42)72-74-50-15-9-44-52(99(87,88)89)31-54(101(93,94)95)63(67)61(44)65(50)85)5-11-46(36)70-57(81)34-77-23-21-76(33-56(80)69-19-20-79-59(83)17-18-60(79)84)22-24-78(26-25-77)35-58(82)71-47-12-6-41(28-37(47)2)43-8-14-49(39(4)30-43)73-75-51-16-10-45-53(100(90,91)92)32-55(102(96,97)98)64(68)62(45)66(51)86/h5-18,27-32,85-86H,19-26,33-35,67-68H2,1-4H3,(H,69,80)(H,70,81)(H,71,82)(H,87,88,89)(H,90,91,92)(H,93,94,95)(H,96,97,98). The van der Waals surface area contributed by atoms with Crippen LogP contribution >= 0.6 is 0 Å². The second-order valence-corrected chi connectivity index (χ2v) is 29.6. The molecule has 2 aliphatic heterocycles. The summed E-state index contributed by atoms with van der Waals surface area (Å²) < 4.78 is 136. The van der Waals surface area contributed by atoms with Crippen molar-refractivity contribution in [2.45, 2.75) is 47.3 Å². The third-order valence-corrected chi connectivity index (χ3v) is 20.6. The predicted molar refractivity (Wildman–Crippen MR) is 376 cm³/mol. The van der Waals surface area contributed by atoms with Gasteiger partial charge in [0.1, 0.15) is 31.0 Å². The van der Waals surface area contributed by atoms with Crippen molar-refractivity contribution in [3.8, 4) is 33.8 Å². The van der Waals surface area contributed by atoms with Gasteiger partial charge >= 0.3 is 0 Å². The monoisotopic (exact) mass is 1470 g/mol. The average molecular weight is 1470 g/mol. The van der Waals surface area contributed by atoms with Gasteiger partial charge in [-0.15, -0.1) is 10.2 Å². The second kappa shape index (κ2) is 29.6. The Morgan fingerprint density at radius 2 is 0.745 bits per heavy atom. The van der Waals surface area contributed by atoms with Crippen LogP contribution in [0, 0.1) is 27.7 Å². The van der Waals surface area contributed by atoms with Gasteiger partial charge in [-0.05, 0) is 145 Å². The number of phenols is 2. The first kappa shape index (κ1) is 74.2. The van der Waals surface area contributed by atoms with Crippen LogP contribution in [0.15, 0.2) is 161 Å². The minimum atomic E-state index is -5.13. The number of fused-ring (bicyclic) bond motifs is 2. The number of azo groups is 2. The molecule has 2 heterocycles. The maximum absolute atomic E-state index is 14.0. The Morgan fingerprint density at radius 3 is 1.08 bits per heavy atom. The first-order valence-corrected chi connectivity index (χ1v) is 36.6. The number of hydrogen-bond donors (Lipinski definition) is 11. The number of phenolic OH excluding ortho intramolecular Hbond substituents is 2. The first-order valence-electron chi connectivity index (χ1n) is 30.8. The number of amides is 5. The van der Waals surface area contributed by atoms with E-state index in [-0.39, 0.29) is 72.6 Å². The lowest BCUT2D eigenvalue weighted by atomic mass is 10.00. The van der Waals surface area contributed by atoms with Crippen LogP contribution in [0.5, 0.6) is 11.5 Å². The van der Waals surface area contributed by atoms with E-state index in [1.807, 2.05) is 64.9 Å². The summed E-state index contributed by atoms with van der Waals surface area (Å²) in [6.45, 7) is 9.04. The minimum absolute atomic E-state index is 0.0198. The first-order chi connectivity index (χ1) is 47.9. The average Bonchev–Trinajstić information content (AvgIpc) is 0.804. The number of nitrogens with two attached hydrogens (primary N) is 2. The van der Waals surface area contributed by atoms with E-state index in [1.54, 1.807) is 50.2 Å². The molecule has 5 amide bonds. The van der Waals surface area contributed by atoms with E-state index in [0.717, 1.165) is 62.6 Å². The fourth-order valence-corrected chi connectivity index (χ4v) is 14.5. The highest BCUT2D eigenvalue weighted by Gasteiger charge is 2.30. The van der Waals surface area contributed by atoms with Gasteiger partial charge in [-0.1, -0.05) is 36.4 Å². The minimum Gasteiger partial charge on any atom is -0.505 e. The second-order valence-electron chi connectivity index (χ2n) is 24.1. The third kappa shape index (κ3) is 16.9. The van der Waals surface area contributed by atoms with Crippen molar-refractivity contribution in [1.29, 1.82) is 0 Å². The Bertz CT molecular complexity index is 5090. The summed E-state index contributed by atoms with van der Waals surface area (Å²) in [5.41, 5.74) is 17.6. The lowest BCUT2D eigenvalue weighted by molar-refractivity contribution is -0.137. The SMILES string of the molecule is Cc1cc(-c2ccc(NC(=O)CN3CCN(CC(=O)NCCN4C(=O)C=CC4=O)CCN(CC(=O)Nc4ccc(-c5ccc(N=Nc6ccc7c(S(=O)(=O)O)cc(S(=O)(=O)O)c(N)c7c6O)c(C)c5)cc4C)CC3)c(C)c2)ccc1N=Nc1ccc2c(S(=O)(=O)O)cc(S(=O)(=O)O)c(N)c2c1O. The molecule has 36 heteroatoms. The van der Waals surface area contributed by atoms with Gasteiger partial charge in [0, 0.05) is 86.7 Å². The van der Waals surface area contributed by atoms with Crippen LogP contribution in [0.25, 0.3) is 43.8 Å². The van der Waals surface area contributed by atoms with Crippen LogP contribution in [-0.2, 0) is 64.4 Å². The normalized spacial score (nSPS) is 14.8. The molecule has 0 spiro atoms. The molecule has 8 aromatic carbocycles. The Morgan fingerprint density at radius 1 is 0.431 bits per heavy atom. The number of hydrogen-bond acceptors (Lipinski definition) is 24. The molecular weight excluding hydrogens is 1410 g/mol. The van der Waals surface area contributed by atoms with Crippen LogP contribution in [0.3, 0.4) is 0 Å². The fraction of sp³-hybridized carbons (Fsp3) is 0.227. The van der Waals surface area contributed by atoms with Crippen LogP contribution in [0.2, 0.25) is 0 Å². The number of imide groups is 1. The Labute approximate surface area is 584 Å². The summed E-state index contributed by atoms with van der Waals surface area (Å²) in [6, 6.07) is 26.9. The number of nitrogens with one attached hydrogen (secondary N) is 3. The summed E-state index contributed by atoms with van der Waals surface area (Å²) in [6.07, 6.45) is 2.31. The summed E-state index contributed by atoms with van der Waals surface area (Å²) >= 11 is 0. The molecule has 10 rings (SSSR count). The molecule has 0 atom stereocenters. The van der Waals surface area contributed by atoms with E-state index in [0.29, 0.717) is 85.3 Å². The number of anilines is 4. The van der Waals surface area contributed by atoms with Gasteiger partial charge in [-0.25, -0.2) is 0 Å². The molecule has 0 radical (unpaired) electrons. The fourth-order valence-electron chi connectivity index (χ4n) is 11.7. The number of carbonyl (C=O) groups excluding carboxylic acids is 5. The van der Waals surface area contributed by atoms with Crippen LogP contribution in [-0.4, -0.2) is 183 Å². The van der Waals surface area contributed by atoms with E-state index in [9.17, 15) is 86.1 Å². The van der Waals surface area contributed by atoms with Crippen LogP contribution in [0.1, 0.15) is 22.3 Å². The van der Waals surface area contributed by atoms with Crippen molar-refractivity contribution in [1.82, 2.24) is 24.9 Å². The lowest BCUT2D eigenvalue weighted by Gasteiger charge is -2.25. The van der Waals surface area contributed by atoms with Crippen LogP contribution in [0.4, 0.5) is 45.5 Å². The molecule has 8 aromatic rings. The zero-order valence-corrected chi connectivity index (χ0v) is 57.9. The largest absolute Gasteiger partial charge is 0.505 e. The summed E-state index contributed by atoms with van der Waals surface area (Å²) in [4.78, 5) is 68.2.